The first-order valence-corrected chi connectivity index (χ1v) is 8.56. The molecule has 1 aromatic carbocycles. The highest BCUT2D eigenvalue weighted by Crippen LogP contribution is 2.54. The van der Waals surface area contributed by atoms with Gasteiger partial charge in [-0.05, 0) is 18.6 Å². The number of halogens is 1. The van der Waals surface area contributed by atoms with Gasteiger partial charge in [0.2, 0.25) is 0 Å². The summed E-state index contributed by atoms with van der Waals surface area (Å²) in [6, 6.07) is 3.63. The summed E-state index contributed by atoms with van der Waals surface area (Å²) in [6.45, 7) is 0.596. The van der Waals surface area contributed by atoms with E-state index in [4.69, 9.17) is 21.1 Å². The first-order valence-electron chi connectivity index (χ1n) is 5.74. The highest BCUT2D eigenvalue weighted by Gasteiger charge is 2.38. The van der Waals surface area contributed by atoms with Crippen LogP contribution in [0, 0.1) is 0 Å². The third-order valence-electron chi connectivity index (χ3n) is 3.25. The maximum Gasteiger partial charge on any atom is 0.339 e. The quantitative estimate of drug-likeness (QED) is 0.626. The van der Waals surface area contributed by atoms with Gasteiger partial charge < -0.3 is 9.47 Å². The van der Waals surface area contributed by atoms with Crippen LogP contribution in [-0.2, 0) is 8.82 Å². The van der Waals surface area contributed by atoms with Crippen LogP contribution in [0.2, 0.25) is 5.02 Å². The summed E-state index contributed by atoms with van der Waals surface area (Å²) in [5.41, 5.74) is 1.39. The van der Waals surface area contributed by atoms with Crippen LogP contribution >= 0.6 is 35.1 Å². The Bertz CT molecular complexity index is 501. The molecule has 0 amide bonds. The Morgan fingerprint density at radius 3 is 2.68 bits per heavy atom. The average molecular weight is 319 g/mol. The van der Waals surface area contributed by atoms with Gasteiger partial charge in [0.25, 0.3) is 0 Å². The molecule has 1 aromatic rings. The van der Waals surface area contributed by atoms with Crippen molar-refractivity contribution >= 4 is 41.1 Å². The molecule has 0 atom stereocenters. The van der Waals surface area contributed by atoms with E-state index >= 15 is 0 Å². The van der Waals surface area contributed by atoms with Crippen molar-refractivity contribution in [2.45, 2.75) is 10.5 Å². The predicted octanol–water partition coefficient (Wildman–Crippen LogP) is 3.79. The lowest BCUT2D eigenvalue weighted by atomic mass is 10.0. The predicted molar refractivity (Wildman–Crippen MR) is 81.6 cm³/mol. The van der Waals surface area contributed by atoms with E-state index in [1.165, 1.54) is 7.11 Å². The van der Waals surface area contributed by atoms with E-state index in [9.17, 15) is 4.79 Å². The lowest BCUT2D eigenvalue weighted by Gasteiger charge is -2.36. The van der Waals surface area contributed by atoms with Crippen LogP contribution in [0.3, 0.4) is 0 Å². The molecule has 6 heteroatoms. The second-order valence-corrected chi connectivity index (χ2v) is 6.90. The number of methoxy groups -OCH3 is 1. The number of esters is 1. The zero-order valence-corrected chi connectivity index (χ0v) is 13.4. The molecule has 1 aliphatic heterocycles. The molecule has 0 aromatic heterocycles. The number of rotatable bonds is 3. The van der Waals surface area contributed by atoms with Gasteiger partial charge in [-0.1, -0.05) is 17.7 Å². The van der Waals surface area contributed by atoms with Gasteiger partial charge in [-0.2, -0.15) is 0 Å². The number of thioether (sulfide) groups is 2. The largest absolute Gasteiger partial charge is 0.492 e. The summed E-state index contributed by atoms with van der Waals surface area (Å²) in [7, 11) is 1.34. The smallest absolute Gasteiger partial charge is 0.339 e. The van der Waals surface area contributed by atoms with Crippen LogP contribution in [0.1, 0.15) is 22.3 Å². The highest BCUT2D eigenvalue weighted by atomic mass is 35.5. The topological polar surface area (TPSA) is 35.5 Å². The number of hydrogen-bond acceptors (Lipinski definition) is 5. The van der Waals surface area contributed by atoms with Crippen molar-refractivity contribution in [3.63, 3.8) is 0 Å². The van der Waals surface area contributed by atoms with Crippen molar-refractivity contribution in [3.8, 4) is 5.75 Å². The van der Waals surface area contributed by atoms with Crippen molar-refractivity contribution < 1.29 is 14.3 Å². The zero-order chi connectivity index (χ0) is 14.0. The van der Waals surface area contributed by atoms with Crippen LogP contribution in [0.25, 0.3) is 0 Å². The van der Waals surface area contributed by atoms with E-state index in [0.29, 0.717) is 22.9 Å². The lowest BCUT2D eigenvalue weighted by molar-refractivity contribution is 0.0600. The fourth-order valence-corrected chi connectivity index (χ4v) is 4.49. The molecule has 0 aliphatic carbocycles. The number of benzene rings is 1. The molecule has 3 nitrogen and oxygen atoms in total. The Kier molecular flexibility index (Phi) is 4.58. The Labute approximate surface area is 126 Å². The number of fused-ring (bicyclic) bond motifs is 1. The van der Waals surface area contributed by atoms with E-state index in [1.54, 1.807) is 29.6 Å². The second-order valence-electron chi connectivity index (χ2n) is 4.05. The Hall–Kier alpha value is -0.520. The number of carbonyl (C=O) groups is 1. The van der Waals surface area contributed by atoms with Crippen molar-refractivity contribution in [2.24, 2.45) is 0 Å². The van der Waals surface area contributed by atoms with Crippen LogP contribution in [0.15, 0.2) is 12.1 Å². The summed E-state index contributed by atoms with van der Waals surface area (Å²) < 4.78 is 10.3. The summed E-state index contributed by atoms with van der Waals surface area (Å²) in [4.78, 5) is 11.6. The standard InChI is InChI=1S/C13H15ClO3S2/c1-16-12(15)8-4-5-9-11(10(8)14)17-7-6-13(9,18-2)19-3/h4-5H,6-7H2,1-3H3. The lowest BCUT2D eigenvalue weighted by Crippen LogP contribution is -2.27. The van der Waals surface area contributed by atoms with E-state index < -0.39 is 5.97 Å². The zero-order valence-electron chi connectivity index (χ0n) is 11.0. The molecule has 1 aliphatic rings. The van der Waals surface area contributed by atoms with Gasteiger partial charge in [-0.25, -0.2) is 4.79 Å². The first kappa shape index (κ1) is 14.9. The van der Waals surface area contributed by atoms with E-state index in [0.717, 1.165) is 12.0 Å². The molecule has 1 heterocycles. The Morgan fingerprint density at radius 2 is 2.11 bits per heavy atom. The Morgan fingerprint density at radius 1 is 1.42 bits per heavy atom. The van der Waals surface area contributed by atoms with Crippen molar-refractivity contribution in [3.05, 3.63) is 28.3 Å². The molecule has 2 rings (SSSR count). The van der Waals surface area contributed by atoms with E-state index in [1.807, 2.05) is 6.07 Å². The molecular weight excluding hydrogens is 304 g/mol. The van der Waals surface area contributed by atoms with Gasteiger partial charge in [-0.15, -0.1) is 23.5 Å². The third-order valence-corrected chi connectivity index (χ3v) is 6.79. The fraction of sp³-hybridized carbons (Fsp3) is 0.462. The summed E-state index contributed by atoms with van der Waals surface area (Å²) in [5, 5.41) is 0.344. The van der Waals surface area contributed by atoms with E-state index in [-0.39, 0.29) is 4.08 Å². The number of ether oxygens (including phenoxy) is 2. The van der Waals surface area contributed by atoms with Crippen LogP contribution in [-0.4, -0.2) is 32.2 Å². The van der Waals surface area contributed by atoms with Crippen LogP contribution < -0.4 is 4.74 Å². The normalized spacial score (nSPS) is 16.4. The molecule has 0 radical (unpaired) electrons. The SMILES string of the molecule is COC(=O)c1ccc2c(c1Cl)OCCC2(SC)SC. The minimum Gasteiger partial charge on any atom is -0.492 e. The molecule has 0 N–H and O–H groups in total. The van der Waals surface area contributed by atoms with Gasteiger partial charge in [0.05, 0.1) is 28.4 Å². The molecule has 0 saturated carbocycles. The summed E-state index contributed by atoms with van der Waals surface area (Å²) in [5.74, 6) is 0.167. The monoisotopic (exact) mass is 318 g/mol. The van der Waals surface area contributed by atoms with Crippen molar-refractivity contribution in [2.75, 3.05) is 26.2 Å². The second kappa shape index (κ2) is 5.85. The molecule has 19 heavy (non-hydrogen) atoms. The maximum atomic E-state index is 11.6. The van der Waals surface area contributed by atoms with E-state index in [2.05, 4.69) is 12.5 Å². The summed E-state index contributed by atoms with van der Waals surface area (Å²) in [6.07, 6.45) is 5.07. The van der Waals surface area contributed by atoms with Gasteiger partial charge in [0, 0.05) is 12.0 Å². The van der Waals surface area contributed by atoms with Gasteiger partial charge in [0.15, 0.2) is 0 Å². The first-order chi connectivity index (χ1) is 9.09. The summed E-state index contributed by atoms with van der Waals surface area (Å²) >= 11 is 9.84. The molecule has 104 valence electrons. The van der Waals surface area contributed by atoms with Gasteiger partial charge >= 0.3 is 5.97 Å². The minimum atomic E-state index is -0.444. The van der Waals surface area contributed by atoms with Crippen molar-refractivity contribution in [1.29, 1.82) is 0 Å². The maximum absolute atomic E-state index is 11.6. The molecule has 0 saturated heterocycles. The van der Waals surface area contributed by atoms with Crippen molar-refractivity contribution in [1.82, 2.24) is 0 Å². The fourth-order valence-electron chi connectivity index (χ4n) is 2.19. The van der Waals surface area contributed by atoms with Gasteiger partial charge in [-0.3, -0.25) is 0 Å². The third kappa shape index (κ3) is 2.43. The average Bonchev–Trinajstić information content (AvgIpc) is 2.46. The minimum absolute atomic E-state index is 0.0636. The molecule has 0 unspecified atom stereocenters. The van der Waals surface area contributed by atoms with Crippen LogP contribution in [0.5, 0.6) is 5.75 Å². The molecule has 0 fully saturated rings. The Balaban J connectivity index is 2.57. The molecular formula is C13H15ClO3S2. The molecule has 0 spiro atoms. The van der Waals surface area contributed by atoms with Crippen LogP contribution in [0.4, 0.5) is 0 Å². The van der Waals surface area contributed by atoms with Gasteiger partial charge in [0.1, 0.15) is 5.75 Å². The number of carbonyl (C=O) groups excluding carboxylic acids is 1. The highest BCUT2D eigenvalue weighted by molar-refractivity contribution is 8.16. The number of hydrogen-bond donors (Lipinski definition) is 0. The molecule has 0 bridgehead atoms.